The van der Waals surface area contributed by atoms with E-state index in [-0.39, 0.29) is 12.1 Å². The van der Waals surface area contributed by atoms with Crippen molar-refractivity contribution in [3.8, 4) is 5.88 Å². The maximum atomic E-state index is 12.3. The Morgan fingerprint density at radius 3 is 2.38 bits per heavy atom. The van der Waals surface area contributed by atoms with E-state index in [2.05, 4.69) is 5.10 Å². The van der Waals surface area contributed by atoms with Gasteiger partial charge in [0.2, 0.25) is 5.88 Å². The van der Waals surface area contributed by atoms with Crippen LogP contribution in [0, 0.1) is 0 Å². The SMILES string of the molecule is CC(C)(C)OC(=O)N1CCc2nn3c(c2CC1)OS(=O)(=O)C1CC3C1.FC(F)F. The Morgan fingerprint density at radius 2 is 1.79 bits per heavy atom. The molecule has 4 heterocycles. The second-order valence-corrected chi connectivity index (χ2v) is 10.0. The number of alkyl halides is 3. The van der Waals surface area contributed by atoms with Crippen LogP contribution in [0.5, 0.6) is 5.88 Å². The summed E-state index contributed by atoms with van der Waals surface area (Å²) in [6, 6.07) is 0.103. The summed E-state index contributed by atoms with van der Waals surface area (Å²) in [4.78, 5) is 13.9. The van der Waals surface area contributed by atoms with E-state index < -0.39 is 27.6 Å². The third-order valence-electron chi connectivity index (χ3n) is 4.96. The average Bonchev–Trinajstić information content (AvgIpc) is 2.64. The summed E-state index contributed by atoms with van der Waals surface area (Å²) in [5.41, 5.74) is 1.08. The van der Waals surface area contributed by atoms with Gasteiger partial charge in [-0.15, -0.1) is 0 Å². The lowest BCUT2D eigenvalue weighted by atomic mass is 9.92. The minimum atomic E-state index is -3.67. The molecule has 1 fully saturated rings. The number of hydrogen-bond donors (Lipinski definition) is 0. The van der Waals surface area contributed by atoms with Crippen LogP contribution in [-0.4, -0.2) is 59.8 Å². The second kappa shape index (κ2) is 7.69. The molecule has 2 bridgehead atoms. The van der Waals surface area contributed by atoms with Crippen molar-refractivity contribution in [3.05, 3.63) is 11.3 Å². The van der Waals surface area contributed by atoms with Crippen molar-refractivity contribution in [2.24, 2.45) is 0 Å². The van der Waals surface area contributed by atoms with Crippen molar-refractivity contribution in [2.45, 2.75) is 70.0 Å². The van der Waals surface area contributed by atoms with Gasteiger partial charge in [0.05, 0.1) is 11.7 Å². The van der Waals surface area contributed by atoms with Crippen molar-refractivity contribution in [3.63, 3.8) is 0 Å². The van der Waals surface area contributed by atoms with Crippen molar-refractivity contribution >= 4 is 16.2 Å². The molecule has 0 N–H and O–H groups in total. The molecule has 164 valence electrons. The van der Waals surface area contributed by atoms with Gasteiger partial charge in [0.15, 0.2) is 0 Å². The van der Waals surface area contributed by atoms with Gasteiger partial charge in [-0.2, -0.15) is 26.7 Å². The van der Waals surface area contributed by atoms with Crippen LogP contribution in [0.1, 0.15) is 50.9 Å². The van der Waals surface area contributed by atoms with Crippen molar-refractivity contribution in [1.29, 1.82) is 0 Å². The Labute approximate surface area is 167 Å². The number of rotatable bonds is 0. The molecule has 1 amide bonds. The van der Waals surface area contributed by atoms with Crippen molar-refractivity contribution < 1.29 is 35.3 Å². The Morgan fingerprint density at radius 1 is 1.21 bits per heavy atom. The predicted molar refractivity (Wildman–Crippen MR) is 96.2 cm³/mol. The van der Waals surface area contributed by atoms with Gasteiger partial charge in [0, 0.05) is 25.1 Å². The molecular weight excluding hydrogens is 415 g/mol. The van der Waals surface area contributed by atoms with Crippen LogP contribution >= 0.6 is 0 Å². The molecule has 29 heavy (non-hydrogen) atoms. The molecule has 8 nitrogen and oxygen atoms in total. The zero-order valence-electron chi connectivity index (χ0n) is 16.4. The number of ether oxygens (including phenoxy) is 1. The fraction of sp³-hybridized carbons (Fsp3) is 0.765. The molecule has 0 saturated heterocycles. The summed E-state index contributed by atoms with van der Waals surface area (Å²) in [7, 11) is -3.58. The molecule has 0 atom stereocenters. The van der Waals surface area contributed by atoms with Gasteiger partial charge >= 0.3 is 22.9 Å². The van der Waals surface area contributed by atoms with Crippen LogP contribution in [0.15, 0.2) is 0 Å². The number of nitrogens with zero attached hydrogens (tertiary/aromatic N) is 3. The first-order chi connectivity index (χ1) is 13.4. The lowest BCUT2D eigenvalue weighted by Crippen LogP contribution is -2.38. The largest absolute Gasteiger partial charge is 0.444 e. The van der Waals surface area contributed by atoms with Gasteiger partial charge in [-0.1, -0.05) is 0 Å². The fourth-order valence-corrected chi connectivity index (χ4v) is 4.99. The zero-order chi connectivity index (χ0) is 21.6. The molecule has 4 aliphatic rings. The Balaban J connectivity index is 0.000000552. The zero-order valence-corrected chi connectivity index (χ0v) is 17.2. The number of amides is 1. The maximum absolute atomic E-state index is 12.3. The first-order valence-corrected chi connectivity index (χ1v) is 10.8. The highest BCUT2D eigenvalue weighted by Crippen LogP contribution is 2.45. The van der Waals surface area contributed by atoms with Gasteiger partial charge in [0.25, 0.3) is 0 Å². The number of carbonyl (C=O) groups is 1. The van der Waals surface area contributed by atoms with E-state index >= 15 is 0 Å². The highest BCUT2D eigenvalue weighted by atomic mass is 32.2. The topological polar surface area (TPSA) is 90.7 Å². The number of fused-ring (bicyclic) bond motifs is 2. The van der Waals surface area contributed by atoms with Crippen LogP contribution in [0.4, 0.5) is 18.0 Å². The van der Waals surface area contributed by atoms with Crippen LogP contribution < -0.4 is 4.18 Å². The van der Waals surface area contributed by atoms with Crippen LogP contribution in [0.3, 0.4) is 0 Å². The van der Waals surface area contributed by atoms with Crippen molar-refractivity contribution in [1.82, 2.24) is 14.7 Å². The van der Waals surface area contributed by atoms with E-state index in [4.69, 9.17) is 8.92 Å². The van der Waals surface area contributed by atoms with E-state index in [0.717, 1.165) is 11.3 Å². The summed E-state index contributed by atoms with van der Waals surface area (Å²) in [5.74, 6) is 0.353. The molecule has 1 saturated carbocycles. The Kier molecular flexibility index (Phi) is 5.76. The number of hydrogen-bond acceptors (Lipinski definition) is 6. The normalized spacial score (nSPS) is 24.6. The molecule has 1 aromatic heterocycles. The number of aromatic nitrogens is 2. The minimum Gasteiger partial charge on any atom is -0.444 e. The second-order valence-electron chi connectivity index (χ2n) is 8.21. The minimum absolute atomic E-state index is 0.103. The number of carbonyl (C=O) groups excluding carboxylic acids is 1. The van der Waals surface area contributed by atoms with Crippen molar-refractivity contribution in [2.75, 3.05) is 13.1 Å². The van der Waals surface area contributed by atoms with Crippen LogP contribution in [-0.2, 0) is 27.7 Å². The quantitative estimate of drug-likeness (QED) is 0.578. The first-order valence-electron chi connectivity index (χ1n) is 9.31. The summed E-state index contributed by atoms with van der Waals surface area (Å²) in [6.07, 6.45) is 1.86. The molecule has 5 rings (SSSR count). The van der Waals surface area contributed by atoms with Gasteiger partial charge in [-0.3, -0.25) is 0 Å². The smallest absolute Gasteiger partial charge is 0.410 e. The molecule has 1 aromatic rings. The van der Waals surface area contributed by atoms with Gasteiger partial charge in [-0.25, -0.2) is 9.48 Å². The molecule has 1 aliphatic carbocycles. The summed E-state index contributed by atoms with van der Waals surface area (Å²) in [6.45, 7) is 2.79. The highest BCUT2D eigenvalue weighted by molar-refractivity contribution is 7.87. The third-order valence-corrected chi connectivity index (χ3v) is 6.56. The monoisotopic (exact) mass is 439 g/mol. The summed E-state index contributed by atoms with van der Waals surface area (Å²) < 4.78 is 66.1. The van der Waals surface area contributed by atoms with Gasteiger partial charge < -0.3 is 13.8 Å². The molecular formula is C17H24F3N3O5S. The first kappa shape index (κ1) is 21.7. The highest BCUT2D eigenvalue weighted by Gasteiger charge is 2.47. The lowest BCUT2D eigenvalue weighted by molar-refractivity contribution is 0.00814. The maximum Gasteiger partial charge on any atom is 0.410 e. The van der Waals surface area contributed by atoms with E-state index in [1.165, 1.54) is 0 Å². The Hall–Kier alpha value is -1.98. The number of halogens is 3. The van der Waals surface area contributed by atoms with E-state index in [0.29, 0.717) is 44.7 Å². The molecule has 12 heteroatoms. The summed E-state index contributed by atoms with van der Waals surface area (Å²) in [5, 5.41) is 4.19. The van der Waals surface area contributed by atoms with Gasteiger partial charge in [0.1, 0.15) is 10.9 Å². The van der Waals surface area contributed by atoms with Crippen LogP contribution in [0.25, 0.3) is 0 Å². The lowest BCUT2D eigenvalue weighted by Gasteiger charge is -2.29. The fourth-order valence-electron chi connectivity index (χ4n) is 3.55. The summed E-state index contributed by atoms with van der Waals surface area (Å²) >= 11 is 0. The molecule has 0 unspecified atom stereocenters. The molecule has 0 aromatic carbocycles. The van der Waals surface area contributed by atoms with Crippen LogP contribution in [0.2, 0.25) is 0 Å². The molecule has 0 radical (unpaired) electrons. The third kappa shape index (κ3) is 4.78. The average molecular weight is 439 g/mol. The predicted octanol–water partition coefficient (Wildman–Crippen LogP) is 2.82. The van der Waals surface area contributed by atoms with Gasteiger partial charge in [-0.05, 0) is 40.0 Å². The standard InChI is InChI=1S/C16H23N3O5S.CHF3/c1-16(2,3)23-15(20)18-6-4-12-13(5-7-18)17-19-10-8-11(9-10)25(21,22)24-14(12)19;2-1(3)4/h10-11H,4-9H2,1-3H3;1H. The molecule has 0 spiro atoms. The Bertz CT molecular complexity index is 873. The van der Waals surface area contributed by atoms with E-state index in [9.17, 15) is 26.4 Å². The van der Waals surface area contributed by atoms with E-state index in [1.807, 2.05) is 20.8 Å². The van der Waals surface area contributed by atoms with E-state index in [1.54, 1.807) is 9.58 Å². The molecule has 3 aliphatic heterocycles.